The highest BCUT2D eigenvalue weighted by Crippen LogP contribution is 2.31. The van der Waals surface area contributed by atoms with E-state index in [1.165, 1.54) is 18.5 Å². The van der Waals surface area contributed by atoms with Gasteiger partial charge in [-0.2, -0.15) is 18.2 Å². The van der Waals surface area contributed by atoms with E-state index >= 15 is 0 Å². The van der Waals surface area contributed by atoms with Crippen molar-refractivity contribution in [2.24, 2.45) is 0 Å². The van der Waals surface area contributed by atoms with Crippen LogP contribution in [0.2, 0.25) is 0 Å². The highest BCUT2D eigenvalue weighted by atomic mass is 19.4. The molecule has 0 radical (unpaired) electrons. The quantitative estimate of drug-likeness (QED) is 0.309. The molecule has 2 aromatic carbocycles. The van der Waals surface area contributed by atoms with E-state index in [0.717, 1.165) is 43.9 Å². The van der Waals surface area contributed by atoms with Gasteiger partial charge in [-0.15, -0.1) is 0 Å². The Bertz CT molecular complexity index is 1500. The molecule has 1 aliphatic rings. The number of hydrogen-bond acceptors (Lipinski definition) is 9. The van der Waals surface area contributed by atoms with Gasteiger partial charge in [0.25, 0.3) is 5.91 Å². The molecule has 13 heteroatoms. The second-order valence-corrected chi connectivity index (χ2v) is 8.75. The average Bonchev–Trinajstić information content (AvgIpc) is 2.91. The van der Waals surface area contributed by atoms with E-state index in [2.05, 4.69) is 35.9 Å². The molecule has 1 aliphatic heterocycles. The molecule has 1 fully saturated rings. The molecular formula is C25H24F3N9O. The van der Waals surface area contributed by atoms with Crippen LogP contribution >= 0.6 is 0 Å². The number of carbonyl (C=O) groups excluding carboxylic acids is 1. The van der Waals surface area contributed by atoms with E-state index in [9.17, 15) is 18.0 Å². The molecule has 196 valence electrons. The molecule has 3 heterocycles. The number of hydrogen-bond donors (Lipinski definition) is 4. The van der Waals surface area contributed by atoms with Crippen LogP contribution in [0.25, 0.3) is 11.0 Å². The van der Waals surface area contributed by atoms with E-state index in [4.69, 9.17) is 5.73 Å². The molecule has 1 amide bonds. The van der Waals surface area contributed by atoms with Crippen LogP contribution in [0.4, 0.5) is 42.1 Å². The number of rotatable bonds is 5. The minimum Gasteiger partial charge on any atom is -0.382 e. The van der Waals surface area contributed by atoms with Crippen LogP contribution in [0.5, 0.6) is 0 Å². The molecule has 0 atom stereocenters. The van der Waals surface area contributed by atoms with Crippen LogP contribution in [0.15, 0.2) is 48.8 Å². The van der Waals surface area contributed by atoms with Gasteiger partial charge in [0, 0.05) is 43.1 Å². The molecule has 5 N–H and O–H groups in total. The van der Waals surface area contributed by atoms with E-state index in [1.54, 1.807) is 18.2 Å². The van der Waals surface area contributed by atoms with Crippen molar-refractivity contribution in [1.29, 1.82) is 0 Å². The van der Waals surface area contributed by atoms with Gasteiger partial charge in [-0.3, -0.25) is 4.79 Å². The molecule has 0 saturated carbocycles. The number of fused-ring (bicyclic) bond motifs is 1. The predicted octanol–water partition coefficient (Wildman–Crippen LogP) is 3.73. The van der Waals surface area contributed by atoms with Gasteiger partial charge in [0.05, 0.1) is 5.56 Å². The number of piperazine rings is 1. The monoisotopic (exact) mass is 523 g/mol. The fourth-order valence-electron chi connectivity index (χ4n) is 4.06. The largest absolute Gasteiger partial charge is 0.416 e. The first-order chi connectivity index (χ1) is 18.2. The number of alkyl halides is 3. The Morgan fingerprint density at radius 1 is 1.05 bits per heavy atom. The summed E-state index contributed by atoms with van der Waals surface area (Å²) in [5.41, 5.74) is 7.85. The Balaban J connectivity index is 1.43. The van der Waals surface area contributed by atoms with Crippen LogP contribution in [0.3, 0.4) is 0 Å². The lowest BCUT2D eigenvalue weighted by atomic mass is 10.1. The number of amides is 1. The first-order valence-electron chi connectivity index (χ1n) is 11.8. The first-order valence-corrected chi connectivity index (χ1v) is 11.8. The minimum absolute atomic E-state index is 0.107. The zero-order chi connectivity index (χ0) is 26.9. The normalized spacial score (nSPS) is 13.9. The number of aromatic nitrogens is 4. The highest BCUT2D eigenvalue weighted by Gasteiger charge is 2.31. The maximum atomic E-state index is 13.1. The Kier molecular flexibility index (Phi) is 6.68. The van der Waals surface area contributed by atoms with Gasteiger partial charge < -0.3 is 26.6 Å². The van der Waals surface area contributed by atoms with Crippen molar-refractivity contribution in [3.05, 3.63) is 65.5 Å². The lowest BCUT2D eigenvalue weighted by molar-refractivity contribution is -0.137. The third-order valence-corrected chi connectivity index (χ3v) is 6.10. The van der Waals surface area contributed by atoms with Crippen molar-refractivity contribution in [3.63, 3.8) is 0 Å². The average molecular weight is 524 g/mol. The molecule has 0 unspecified atom stereocenters. The SMILES string of the molecule is Cc1ccc(NC(=O)c2cccc(C(F)(F)F)c2)cc1Nc1ncnc2c(N)nc(N3CCNCC3)nc12. The Hall–Kier alpha value is -4.52. The predicted molar refractivity (Wildman–Crippen MR) is 138 cm³/mol. The number of anilines is 5. The summed E-state index contributed by atoms with van der Waals surface area (Å²) < 4.78 is 39.2. The molecule has 0 aliphatic carbocycles. The summed E-state index contributed by atoms with van der Waals surface area (Å²) in [6.45, 7) is 4.92. The van der Waals surface area contributed by atoms with E-state index < -0.39 is 17.6 Å². The summed E-state index contributed by atoms with van der Waals surface area (Å²) in [4.78, 5) is 32.4. The lowest BCUT2D eigenvalue weighted by Gasteiger charge is -2.27. The second-order valence-electron chi connectivity index (χ2n) is 8.75. The third kappa shape index (κ3) is 5.27. The zero-order valence-corrected chi connectivity index (χ0v) is 20.3. The van der Waals surface area contributed by atoms with Crippen molar-refractivity contribution < 1.29 is 18.0 Å². The smallest absolute Gasteiger partial charge is 0.382 e. The Morgan fingerprint density at radius 2 is 1.84 bits per heavy atom. The Morgan fingerprint density at radius 3 is 2.61 bits per heavy atom. The first kappa shape index (κ1) is 25.1. The number of nitrogens with two attached hydrogens (primary N) is 1. The molecule has 38 heavy (non-hydrogen) atoms. The fraction of sp³-hybridized carbons (Fsp3) is 0.240. The van der Waals surface area contributed by atoms with Gasteiger partial charge in [0.2, 0.25) is 5.95 Å². The van der Waals surface area contributed by atoms with Gasteiger partial charge in [-0.1, -0.05) is 12.1 Å². The summed E-state index contributed by atoms with van der Waals surface area (Å²) >= 11 is 0. The van der Waals surface area contributed by atoms with Gasteiger partial charge in [0.15, 0.2) is 11.6 Å². The van der Waals surface area contributed by atoms with Gasteiger partial charge in [0.1, 0.15) is 17.4 Å². The van der Waals surface area contributed by atoms with E-state index in [1.807, 2.05) is 11.8 Å². The van der Waals surface area contributed by atoms with Crippen LogP contribution in [0, 0.1) is 6.92 Å². The molecule has 0 spiro atoms. The Labute approximate surface area is 215 Å². The third-order valence-electron chi connectivity index (χ3n) is 6.10. The molecular weight excluding hydrogens is 499 g/mol. The number of benzene rings is 2. The van der Waals surface area contributed by atoms with Crippen LogP contribution in [-0.4, -0.2) is 52.0 Å². The minimum atomic E-state index is -4.55. The van der Waals surface area contributed by atoms with Crippen molar-refractivity contribution in [1.82, 2.24) is 25.3 Å². The molecule has 5 rings (SSSR count). The number of carbonyl (C=O) groups is 1. The van der Waals surface area contributed by atoms with Crippen molar-refractivity contribution in [2.45, 2.75) is 13.1 Å². The van der Waals surface area contributed by atoms with Crippen molar-refractivity contribution >= 4 is 45.9 Å². The molecule has 4 aromatic rings. The van der Waals surface area contributed by atoms with Gasteiger partial charge in [-0.25, -0.2) is 15.0 Å². The van der Waals surface area contributed by atoms with Crippen molar-refractivity contribution in [3.8, 4) is 0 Å². The second kappa shape index (κ2) is 10.1. The molecule has 10 nitrogen and oxygen atoms in total. The standard InChI is InChI=1S/C25H24F3N9O/c1-14-5-6-17(33-23(38)15-3-2-4-16(11-15)25(26,27)28)12-18(14)34-22-20-19(31-13-32-22)21(29)36-24(35-20)37-9-7-30-8-10-37/h2-6,11-13,30H,7-10H2,1H3,(H,33,38)(H2,29,35,36)(H,31,32,34). The number of nitrogen functional groups attached to an aromatic ring is 1. The molecule has 1 saturated heterocycles. The summed E-state index contributed by atoms with van der Waals surface area (Å²) in [6, 6.07) is 9.34. The topological polar surface area (TPSA) is 134 Å². The van der Waals surface area contributed by atoms with Crippen LogP contribution in [0.1, 0.15) is 21.5 Å². The number of nitrogens with zero attached hydrogens (tertiary/aromatic N) is 5. The van der Waals surface area contributed by atoms with E-state index in [-0.39, 0.29) is 11.4 Å². The summed E-state index contributed by atoms with van der Waals surface area (Å²) in [6.07, 6.45) is -3.20. The van der Waals surface area contributed by atoms with Crippen molar-refractivity contribution in [2.75, 3.05) is 47.4 Å². The summed E-state index contributed by atoms with van der Waals surface area (Å²) in [5, 5.41) is 9.16. The number of aryl methyl sites for hydroxylation is 1. The number of halogens is 3. The van der Waals surface area contributed by atoms with Crippen LogP contribution in [-0.2, 0) is 6.18 Å². The highest BCUT2D eigenvalue weighted by molar-refractivity contribution is 6.04. The van der Waals surface area contributed by atoms with Gasteiger partial charge in [-0.05, 0) is 42.8 Å². The maximum absolute atomic E-state index is 13.1. The zero-order valence-electron chi connectivity index (χ0n) is 20.3. The summed E-state index contributed by atoms with van der Waals surface area (Å²) in [7, 11) is 0. The maximum Gasteiger partial charge on any atom is 0.416 e. The molecule has 2 aromatic heterocycles. The summed E-state index contributed by atoms with van der Waals surface area (Å²) in [5.74, 6) is 0.436. The fourth-order valence-corrected chi connectivity index (χ4v) is 4.06. The molecule has 0 bridgehead atoms. The number of nitrogens with one attached hydrogen (secondary N) is 3. The van der Waals surface area contributed by atoms with Gasteiger partial charge >= 0.3 is 6.18 Å². The van der Waals surface area contributed by atoms with Crippen LogP contribution < -0.4 is 26.6 Å². The lowest BCUT2D eigenvalue weighted by Crippen LogP contribution is -2.44. The van der Waals surface area contributed by atoms with E-state index in [0.29, 0.717) is 34.2 Å².